The van der Waals surface area contributed by atoms with Gasteiger partial charge in [-0.3, -0.25) is 10.1 Å². The largest absolute Gasteiger partial charge is 0.456 e. The molecule has 0 aliphatic carbocycles. The molecule has 40 heavy (non-hydrogen) atoms. The van der Waals surface area contributed by atoms with Crippen LogP contribution in [0.2, 0.25) is 10.0 Å². The Bertz CT molecular complexity index is 1710. The molecule has 0 saturated carbocycles. The maximum Gasteiger partial charge on any atom is 0.326 e. The number of benzene rings is 4. The van der Waals surface area contributed by atoms with E-state index in [0.717, 1.165) is 18.2 Å². The van der Waals surface area contributed by atoms with E-state index in [1.54, 1.807) is 13.8 Å². The second-order valence-electron chi connectivity index (χ2n) is 8.54. The van der Waals surface area contributed by atoms with Gasteiger partial charge in [0.1, 0.15) is 28.7 Å². The molecule has 4 aromatic rings. The molecule has 0 aliphatic heterocycles. The summed E-state index contributed by atoms with van der Waals surface area (Å²) in [5.74, 6) is -2.93. The third-order valence-corrected chi connectivity index (χ3v) is 8.29. The molecular formula is C28H20Cl2F2N2O5S. The SMILES string of the molecule is Cc1cc(NC(=O)NC(=O)c2c(F)cccc2F)c(C)c(Cl)c1Oc1ccc(S(=O)(=O)c2ccc(Cl)cc2)cc1. The average molecular weight is 605 g/mol. The van der Waals surface area contributed by atoms with Gasteiger partial charge in [0.2, 0.25) is 9.84 Å². The van der Waals surface area contributed by atoms with Gasteiger partial charge in [-0.15, -0.1) is 0 Å². The summed E-state index contributed by atoms with van der Waals surface area (Å²) in [6.07, 6.45) is 0. The number of sulfone groups is 1. The summed E-state index contributed by atoms with van der Waals surface area (Å²) in [7, 11) is -3.77. The van der Waals surface area contributed by atoms with Gasteiger partial charge >= 0.3 is 6.03 Å². The number of carbonyl (C=O) groups excluding carboxylic acids is 2. The fourth-order valence-electron chi connectivity index (χ4n) is 3.70. The second-order valence-corrected chi connectivity index (χ2v) is 11.3. The number of anilines is 1. The standard InChI is InChI=1S/C28H20Cl2F2N2O5S/c1-15-14-23(33-28(36)34-27(35)24-21(31)4-3-5-22(24)32)16(2)25(30)26(15)39-18-8-12-20(13-9-18)40(37,38)19-10-6-17(29)7-11-19/h3-14H,1-2H3,(H2,33,34,35,36). The van der Waals surface area contributed by atoms with Gasteiger partial charge in [0.05, 0.1) is 14.8 Å². The smallest absolute Gasteiger partial charge is 0.326 e. The highest BCUT2D eigenvalue weighted by Gasteiger charge is 2.22. The van der Waals surface area contributed by atoms with E-state index in [1.807, 2.05) is 5.32 Å². The minimum atomic E-state index is -3.77. The van der Waals surface area contributed by atoms with Crippen LogP contribution in [0.1, 0.15) is 21.5 Å². The molecule has 0 aromatic heterocycles. The van der Waals surface area contributed by atoms with Gasteiger partial charge in [-0.25, -0.2) is 22.0 Å². The molecule has 0 unspecified atom stereocenters. The number of aryl methyl sites for hydroxylation is 1. The van der Waals surface area contributed by atoms with Gasteiger partial charge in [0.15, 0.2) is 0 Å². The fraction of sp³-hybridized carbons (Fsp3) is 0.0714. The van der Waals surface area contributed by atoms with E-state index in [0.29, 0.717) is 21.9 Å². The molecular weight excluding hydrogens is 585 g/mol. The molecule has 0 radical (unpaired) electrons. The van der Waals surface area contributed by atoms with Gasteiger partial charge in [-0.05, 0) is 91.7 Å². The minimum Gasteiger partial charge on any atom is -0.456 e. The Kier molecular flexibility index (Phi) is 8.43. The molecule has 0 atom stereocenters. The molecule has 0 spiro atoms. The first-order valence-electron chi connectivity index (χ1n) is 11.5. The molecule has 2 N–H and O–H groups in total. The van der Waals surface area contributed by atoms with Crippen molar-refractivity contribution in [1.82, 2.24) is 5.32 Å². The fourth-order valence-corrected chi connectivity index (χ4v) is 5.37. The maximum absolute atomic E-state index is 13.8. The van der Waals surface area contributed by atoms with Crippen molar-refractivity contribution in [2.45, 2.75) is 23.6 Å². The zero-order chi connectivity index (χ0) is 29.2. The number of rotatable bonds is 6. The van der Waals surface area contributed by atoms with Crippen LogP contribution in [0, 0.1) is 25.5 Å². The monoisotopic (exact) mass is 604 g/mol. The molecule has 3 amide bonds. The van der Waals surface area contributed by atoms with Crippen molar-refractivity contribution < 1.29 is 31.5 Å². The van der Waals surface area contributed by atoms with Crippen LogP contribution in [0.25, 0.3) is 0 Å². The molecule has 4 aromatic carbocycles. The van der Waals surface area contributed by atoms with Gasteiger partial charge < -0.3 is 10.1 Å². The van der Waals surface area contributed by atoms with Crippen molar-refractivity contribution in [2.75, 3.05) is 5.32 Å². The Morgan fingerprint density at radius 3 is 1.98 bits per heavy atom. The van der Waals surface area contributed by atoms with Crippen molar-refractivity contribution in [3.05, 3.63) is 111 Å². The molecule has 12 heteroatoms. The van der Waals surface area contributed by atoms with Crippen LogP contribution in [0.5, 0.6) is 11.5 Å². The van der Waals surface area contributed by atoms with Crippen molar-refractivity contribution in [3.8, 4) is 11.5 Å². The number of hydrogen-bond acceptors (Lipinski definition) is 5. The Morgan fingerprint density at radius 1 is 0.850 bits per heavy atom. The third-order valence-electron chi connectivity index (χ3n) is 5.79. The minimum absolute atomic E-state index is 0.0524. The lowest BCUT2D eigenvalue weighted by molar-refractivity contribution is 0.0959. The van der Waals surface area contributed by atoms with E-state index in [-0.39, 0.29) is 26.3 Å². The van der Waals surface area contributed by atoms with Crippen LogP contribution in [0.3, 0.4) is 0 Å². The topological polar surface area (TPSA) is 102 Å². The van der Waals surface area contributed by atoms with E-state index < -0.39 is 39.0 Å². The number of ether oxygens (including phenoxy) is 1. The Balaban J connectivity index is 1.50. The first-order valence-corrected chi connectivity index (χ1v) is 13.8. The zero-order valence-corrected chi connectivity index (χ0v) is 23.2. The molecule has 0 heterocycles. The Hall–Kier alpha value is -3.99. The van der Waals surface area contributed by atoms with E-state index in [1.165, 1.54) is 54.6 Å². The lowest BCUT2D eigenvalue weighted by Gasteiger charge is -2.17. The normalized spacial score (nSPS) is 11.2. The van der Waals surface area contributed by atoms with Crippen LogP contribution in [-0.4, -0.2) is 20.4 Å². The second kappa shape index (κ2) is 11.6. The summed E-state index contributed by atoms with van der Waals surface area (Å²) >= 11 is 12.4. The van der Waals surface area contributed by atoms with Crippen LogP contribution in [0.4, 0.5) is 19.3 Å². The number of carbonyl (C=O) groups is 2. The molecule has 0 bridgehead atoms. The summed E-state index contributed by atoms with van der Waals surface area (Å²) < 4.78 is 59.3. The molecule has 0 saturated heterocycles. The number of nitrogens with one attached hydrogen (secondary N) is 2. The van der Waals surface area contributed by atoms with Crippen LogP contribution in [0.15, 0.2) is 82.6 Å². The van der Waals surface area contributed by atoms with Gasteiger partial charge in [-0.2, -0.15) is 0 Å². The summed E-state index contributed by atoms with van der Waals surface area (Å²) in [6, 6.07) is 14.9. The number of hydrogen-bond donors (Lipinski definition) is 2. The summed E-state index contributed by atoms with van der Waals surface area (Å²) in [5.41, 5.74) is 0.206. The highest BCUT2D eigenvalue weighted by molar-refractivity contribution is 7.91. The predicted molar refractivity (Wildman–Crippen MR) is 147 cm³/mol. The van der Waals surface area contributed by atoms with Crippen molar-refractivity contribution >= 4 is 50.7 Å². The van der Waals surface area contributed by atoms with Crippen LogP contribution in [-0.2, 0) is 9.84 Å². The molecule has 7 nitrogen and oxygen atoms in total. The van der Waals surface area contributed by atoms with Crippen molar-refractivity contribution in [2.24, 2.45) is 0 Å². The lowest BCUT2D eigenvalue weighted by Crippen LogP contribution is -2.35. The first kappa shape index (κ1) is 29.0. The first-order chi connectivity index (χ1) is 18.9. The van der Waals surface area contributed by atoms with Crippen LogP contribution >= 0.6 is 23.2 Å². The Labute approximate surface area is 238 Å². The number of amides is 3. The number of halogens is 4. The lowest BCUT2D eigenvalue weighted by atomic mass is 10.1. The number of urea groups is 1. The highest BCUT2D eigenvalue weighted by Crippen LogP contribution is 2.39. The molecule has 206 valence electrons. The molecule has 0 aliphatic rings. The maximum atomic E-state index is 13.8. The van der Waals surface area contributed by atoms with E-state index in [4.69, 9.17) is 27.9 Å². The van der Waals surface area contributed by atoms with E-state index in [9.17, 15) is 26.8 Å². The zero-order valence-electron chi connectivity index (χ0n) is 20.9. The summed E-state index contributed by atoms with van der Waals surface area (Å²) in [6.45, 7) is 3.24. The highest BCUT2D eigenvalue weighted by atomic mass is 35.5. The summed E-state index contributed by atoms with van der Waals surface area (Å²) in [4.78, 5) is 24.7. The molecule has 0 fully saturated rings. The number of imide groups is 1. The predicted octanol–water partition coefficient (Wildman–Crippen LogP) is 7.48. The van der Waals surface area contributed by atoms with Crippen LogP contribution < -0.4 is 15.4 Å². The van der Waals surface area contributed by atoms with E-state index >= 15 is 0 Å². The van der Waals surface area contributed by atoms with Gasteiger partial charge in [0.25, 0.3) is 5.91 Å². The van der Waals surface area contributed by atoms with Gasteiger partial charge in [-0.1, -0.05) is 29.3 Å². The van der Waals surface area contributed by atoms with Gasteiger partial charge in [0, 0.05) is 10.7 Å². The third kappa shape index (κ3) is 6.09. The average Bonchev–Trinajstić information content (AvgIpc) is 2.90. The van der Waals surface area contributed by atoms with Crippen molar-refractivity contribution in [3.63, 3.8) is 0 Å². The van der Waals surface area contributed by atoms with E-state index in [2.05, 4.69) is 5.32 Å². The molecule has 4 rings (SSSR count). The quantitative estimate of drug-likeness (QED) is 0.237. The Morgan fingerprint density at radius 2 is 1.40 bits per heavy atom. The summed E-state index contributed by atoms with van der Waals surface area (Å²) in [5, 5.41) is 4.87. The van der Waals surface area contributed by atoms with Crippen molar-refractivity contribution in [1.29, 1.82) is 0 Å².